The second kappa shape index (κ2) is 7.82. The van der Waals surface area contributed by atoms with Crippen LogP contribution >= 0.6 is 0 Å². The number of benzene rings is 2. The number of nitrogens with one attached hydrogen (secondary N) is 1. The first-order valence-corrected chi connectivity index (χ1v) is 7.36. The van der Waals surface area contributed by atoms with Gasteiger partial charge in [-0.2, -0.15) is 0 Å². The van der Waals surface area contributed by atoms with Gasteiger partial charge in [0.05, 0.1) is 4.92 Å². The molecule has 2 aromatic rings. The molecule has 1 amide bonds. The standard InChI is InChI=1S/C18H16N2O4/c1-2-18(22)19-15-7-4-6-14(12-15)17(21)10-9-13-5-3-8-16(11-13)20(23)24/h3-12H,2H2,1H3,(H,19,22)/b10-9+. The van der Waals surface area contributed by atoms with E-state index in [0.29, 0.717) is 23.2 Å². The fraction of sp³-hybridized carbons (Fsp3) is 0.111. The Morgan fingerprint density at radius 1 is 1.17 bits per heavy atom. The van der Waals surface area contributed by atoms with Crippen molar-refractivity contribution in [2.75, 3.05) is 5.32 Å². The van der Waals surface area contributed by atoms with Gasteiger partial charge in [0, 0.05) is 29.8 Å². The summed E-state index contributed by atoms with van der Waals surface area (Å²) in [5, 5.41) is 13.4. The largest absolute Gasteiger partial charge is 0.326 e. The minimum Gasteiger partial charge on any atom is -0.326 e. The molecule has 0 aliphatic carbocycles. The number of carbonyl (C=O) groups is 2. The maximum absolute atomic E-state index is 12.2. The van der Waals surface area contributed by atoms with E-state index in [1.807, 2.05) is 0 Å². The van der Waals surface area contributed by atoms with Crippen LogP contribution in [0.15, 0.2) is 54.6 Å². The highest BCUT2D eigenvalue weighted by molar-refractivity contribution is 6.07. The van der Waals surface area contributed by atoms with Gasteiger partial charge < -0.3 is 5.32 Å². The molecule has 0 fully saturated rings. The van der Waals surface area contributed by atoms with E-state index in [0.717, 1.165) is 0 Å². The molecule has 0 aromatic heterocycles. The molecule has 0 bridgehead atoms. The van der Waals surface area contributed by atoms with E-state index in [1.165, 1.54) is 24.3 Å². The Morgan fingerprint density at radius 3 is 2.62 bits per heavy atom. The molecule has 6 heteroatoms. The average Bonchev–Trinajstić information content (AvgIpc) is 2.60. The van der Waals surface area contributed by atoms with E-state index in [4.69, 9.17) is 0 Å². The third-order valence-electron chi connectivity index (χ3n) is 3.26. The zero-order valence-electron chi connectivity index (χ0n) is 13.1. The number of hydrogen-bond acceptors (Lipinski definition) is 4. The molecule has 0 aliphatic heterocycles. The van der Waals surface area contributed by atoms with Crippen LogP contribution in [0.4, 0.5) is 11.4 Å². The predicted octanol–water partition coefficient (Wildman–Crippen LogP) is 3.84. The Kier molecular flexibility index (Phi) is 5.57. The van der Waals surface area contributed by atoms with Gasteiger partial charge in [0.15, 0.2) is 5.78 Å². The normalized spacial score (nSPS) is 10.5. The fourth-order valence-corrected chi connectivity index (χ4v) is 2.01. The van der Waals surface area contributed by atoms with E-state index < -0.39 is 4.92 Å². The number of ketones is 1. The SMILES string of the molecule is CCC(=O)Nc1cccc(C(=O)/C=C/c2cccc([N+](=O)[O-])c2)c1. The van der Waals surface area contributed by atoms with E-state index in [-0.39, 0.29) is 17.4 Å². The third-order valence-corrected chi connectivity index (χ3v) is 3.26. The summed E-state index contributed by atoms with van der Waals surface area (Å²) < 4.78 is 0. The summed E-state index contributed by atoms with van der Waals surface area (Å²) in [5.41, 5.74) is 1.50. The first-order chi connectivity index (χ1) is 11.5. The van der Waals surface area contributed by atoms with Crippen molar-refractivity contribution < 1.29 is 14.5 Å². The molecular formula is C18H16N2O4. The van der Waals surface area contributed by atoms with Gasteiger partial charge in [-0.3, -0.25) is 19.7 Å². The van der Waals surface area contributed by atoms with Crippen molar-refractivity contribution in [2.24, 2.45) is 0 Å². The zero-order valence-corrected chi connectivity index (χ0v) is 13.1. The number of anilines is 1. The van der Waals surface area contributed by atoms with Crippen molar-refractivity contribution in [3.05, 3.63) is 75.8 Å². The van der Waals surface area contributed by atoms with Crippen molar-refractivity contribution in [2.45, 2.75) is 13.3 Å². The lowest BCUT2D eigenvalue weighted by atomic mass is 10.1. The summed E-state index contributed by atoms with van der Waals surface area (Å²) >= 11 is 0. The zero-order chi connectivity index (χ0) is 17.5. The smallest absolute Gasteiger partial charge is 0.270 e. The molecule has 1 N–H and O–H groups in total. The molecule has 0 saturated carbocycles. The molecule has 0 radical (unpaired) electrons. The van der Waals surface area contributed by atoms with Crippen LogP contribution in [0, 0.1) is 10.1 Å². The molecular weight excluding hydrogens is 308 g/mol. The molecule has 0 unspecified atom stereocenters. The quantitative estimate of drug-likeness (QED) is 0.378. The molecule has 122 valence electrons. The number of nitrogens with zero attached hydrogens (tertiary/aromatic N) is 1. The maximum Gasteiger partial charge on any atom is 0.270 e. The number of hydrogen-bond donors (Lipinski definition) is 1. The lowest BCUT2D eigenvalue weighted by Crippen LogP contribution is -2.09. The summed E-state index contributed by atoms with van der Waals surface area (Å²) in [4.78, 5) is 33.9. The van der Waals surface area contributed by atoms with Crippen LogP contribution in [-0.4, -0.2) is 16.6 Å². The number of non-ortho nitro benzene ring substituents is 1. The van der Waals surface area contributed by atoms with Crippen molar-refractivity contribution in [1.29, 1.82) is 0 Å². The highest BCUT2D eigenvalue weighted by Gasteiger charge is 2.06. The van der Waals surface area contributed by atoms with Gasteiger partial charge in [-0.05, 0) is 23.8 Å². The molecule has 0 heterocycles. The van der Waals surface area contributed by atoms with Crippen molar-refractivity contribution >= 4 is 29.1 Å². The van der Waals surface area contributed by atoms with E-state index in [9.17, 15) is 19.7 Å². The van der Waals surface area contributed by atoms with Gasteiger partial charge in [0.1, 0.15) is 0 Å². The summed E-state index contributed by atoms with van der Waals surface area (Å²) in [5.74, 6) is -0.388. The van der Waals surface area contributed by atoms with Crippen LogP contribution in [0.5, 0.6) is 0 Å². The lowest BCUT2D eigenvalue weighted by Gasteiger charge is -2.04. The summed E-state index contributed by atoms with van der Waals surface area (Å²) in [6, 6.07) is 12.6. The number of carbonyl (C=O) groups excluding carboxylic acids is 2. The molecule has 0 atom stereocenters. The molecule has 0 saturated heterocycles. The number of allylic oxidation sites excluding steroid dienone is 1. The molecule has 24 heavy (non-hydrogen) atoms. The number of nitro benzene ring substituents is 1. The minimum atomic E-state index is -0.487. The Hall–Kier alpha value is -3.28. The monoisotopic (exact) mass is 324 g/mol. The Morgan fingerprint density at radius 2 is 1.92 bits per heavy atom. The molecule has 0 aliphatic rings. The van der Waals surface area contributed by atoms with Crippen molar-refractivity contribution in [3.63, 3.8) is 0 Å². The number of amides is 1. The van der Waals surface area contributed by atoms with E-state index in [1.54, 1.807) is 43.3 Å². The summed E-state index contributed by atoms with van der Waals surface area (Å²) in [7, 11) is 0. The Bertz CT molecular complexity index is 812. The second-order valence-corrected chi connectivity index (χ2v) is 5.03. The molecule has 0 spiro atoms. The van der Waals surface area contributed by atoms with E-state index >= 15 is 0 Å². The van der Waals surface area contributed by atoms with Crippen LogP contribution in [0.3, 0.4) is 0 Å². The van der Waals surface area contributed by atoms with Gasteiger partial charge in [0.2, 0.25) is 5.91 Å². The van der Waals surface area contributed by atoms with Crippen LogP contribution in [0.1, 0.15) is 29.3 Å². The molecule has 2 aromatic carbocycles. The van der Waals surface area contributed by atoms with Gasteiger partial charge in [0.25, 0.3) is 5.69 Å². The van der Waals surface area contributed by atoms with Crippen LogP contribution in [0.25, 0.3) is 6.08 Å². The van der Waals surface area contributed by atoms with Gasteiger partial charge >= 0.3 is 0 Å². The highest BCUT2D eigenvalue weighted by atomic mass is 16.6. The number of rotatable bonds is 6. The van der Waals surface area contributed by atoms with Crippen molar-refractivity contribution in [3.8, 4) is 0 Å². The van der Waals surface area contributed by atoms with Gasteiger partial charge in [-0.15, -0.1) is 0 Å². The van der Waals surface area contributed by atoms with Gasteiger partial charge in [-0.1, -0.05) is 37.3 Å². The fourth-order valence-electron chi connectivity index (χ4n) is 2.01. The lowest BCUT2D eigenvalue weighted by molar-refractivity contribution is -0.384. The van der Waals surface area contributed by atoms with E-state index in [2.05, 4.69) is 5.32 Å². The summed E-state index contributed by atoms with van der Waals surface area (Å²) in [6.45, 7) is 1.74. The third kappa shape index (κ3) is 4.61. The predicted molar refractivity (Wildman–Crippen MR) is 91.8 cm³/mol. The average molecular weight is 324 g/mol. The van der Waals surface area contributed by atoms with Crippen LogP contribution in [-0.2, 0) is 4.79 Å². The number of nitro groups is 1. The van der Waals surface area contributed by atoms with Crippen LogP contribution < -0.4 is 5.32 Å². The molecule has 2 rings (SSSR count). The topological polar surface area (TPSA) is 89.3 Å². The second-order valence-electron chi connectivity index (χ2n) is 5.03. The van der Waals surface area contributed by atoms with Gasteiger partial charge in [-0.25, -0.2) is 0 Å². The summed E-state index contributed by atoms with van der Waals surface area (Å²) in [6.07, 6.45) is 3.22. The van der Waals surface area contributed by atoms with Crippen molar-refractivity contribution in [1.82, 2.24) is 0 Å². The Balaban J connectivity index is 2.14. The first kappa shape index (κ1) is 17.1. The highest BCUT2D eigenvalue weighted by Crippen LogP contribution is 2.16. The maximum atomic E-state index is 12.2. The Labute approximate surface area is 139 Å². The molecule has 6 nitrogen and oxygen atoms in total. The first-order valence-electron chi connectivity index (χ1n) is 7.36. The minimum absolute atomic E-state index is 0.0334. The van der Waals surface area contributed by atoms with Crippen LogP contribution in [0.2, 0.25) is 0 Å².